The Balaban J connectivity index is 2.90. The van der Waals surface area contributed by atoms with Crippen LogP contribution in [0.1, 0.15) is 0 Å². The van der Waals surface area contributed by atoms with E-state index in [1.807, 2.05) is 0 Å². The summed E-state index contributed by atoms with van der Waals surface area (Å²) in [6.45, 7) is -0.627. The summed E-state index contributed by atoms with van der Waals surface area (Å²) < 4.78 is 20.7. The predicted molar refractivity (Wildman–Crippen MR) is 44.6 cm³/mol. The Kier molecular flexibility index (Phi) is 3.65. The van der Waals surface area contributed by atoms with Gasteiger partial charge in [-0.15, -0.1) is 0 Å². The van der Waals surface area contributed by atoms with Crippen LogP contribution in [0.5, 0.6) is 0 Å². The maximum atomic E-state index is 11.6. The minimum atomic E-state index is -3.87. The van der Waals surface area contributed by atoms with E-state index in [2.05, 4.69) is 4.52 Å². The monoisotopic (exact) mass is 228 g/mol. The molecule has 1 aliphatic rings. The van der Waals surface area contributed by atoms with Crippen molar-refractivity contribution in [3.8, 4) is 0 Å². The summed E-state index contributed by atoms with van der Waals surface area (Å²) in [7, 11) is -2.82. The molecule has 0 aromatic heterocycles. The van der Waals surface area contributed by atoms with E-state index in [1.54, 1.807) is 0 Å². The first-order valence-corrected chi connectivity index (χ1v) is 5.56. The van der Waals surface area contributed by atoms with Crippen LogP contribution in [0.25, 0.3) is 0 Å². The van der Waals surface area contributed by atoms with Crippen molar-refractivity contribution in [1.82, 2.24) is 0 Å². The topological polar surface area (TPSA) is 116 Å². The van der Waals surface area contributed by atoms with Gasteiger partial charge in [0.25, 0.3) is 0 Å². The molecule has 7 nitrogen and oxygen atoms in total. The number of hydrogen-bond donors (Lipinski definition) is 4. The molecule has 0 spiro atoms. The van der Waals surface area contributed by atoms with Crippen LogP contribution in [-0.2, 0) is 13.6 Å². The standard InChI is InChI=1S/C6H13O7P/c1-12-14(11)6(10)5(9)4(8)3(2-7)13-14/h3-10H,2H2,1H3/t3-,4-,5+,6-,14+/m1/s1. The largest absolute Gasteiger partial charge is 0.394 e. The number of aliphatic hydroxyl groups excluding tert-OH is 4. The number of rotatable bonds is 2. The highest BCUT2D eigenvalue weighted by molar-refractivity contribution is 7.54. The maximum Gasteiger partial charge on any atom is 0.361 e. The lowest BCUT2D eigenvalue weighted by atomic mass is 10.1. The van der Waals surface area contributed by atoms with Gasteiger partial charge in [-0.25, -0.2) is 0 Å². The molecule has 1 heterocycles. The van der Waals surface area contributed by atoms with Gasteiger partial charge in [-0.2, -0.15) is 0 Å². The normalized spacial score (nSPS) is 49.2. The van der Waals surface area contributed by atoms with Crippen LogP contribution in [-0.4, -0.2) is 58.3 Å². The molecule has 1 aliphatic heterocycles. The van der Waals surface area contributed by atoms with Crippen molar-refractivity contribution in [2.24, 2.45) is 0 Å². The van der Waals surface area contributed by atoms with Gasteiger partial charge < -0.3 is 24.9 Å². The molecule has 0 unspecified atom stereocenters. The van der Waals surface area contributed by atoms with E-state index in [0.29, 0.717) is 0 Å². The fourth-order valence-electron chi connectivity index (χ4n) is 1.19. The summed E-state index contributed by atoms with van der Waals surface area (Å²) in [6.07, 6.45) is -4.38. The van der Waals surface area contributed by atoms with Gasteiger partial charge in [-0.05, 0) is 0 Å². The first-order chi connectivity index (χ1) is 6.46. The van der Waals surface area contributed by atoms with E-state index in [4.69, 9.17) is 9.63 Å². The molecule has 0 radical (unpaired) electrons. The second kappa shape index (κ2) is 4.24. The van der Waals surface area contributed by atoms with Gasteiger partial charge in [-0.3, -0.25) is 9.09 Å². The molecule has 1 saturated heterocycles. The fourth-order valence-corrected chi connectivity index (χ4v) is 2.74. The first kappa shape index (κ1) is 12.1. The average Bonchev–Trinajstić information content (AvgIpc) is 2.20. The zero-order chi connectivity index (χ0) is 10.9. The second-order valence-corrected chi connectivity index (χ2v) is 5.13. The van der Waals surface area contributed by atoms with Crippen LogP contribution < -0.4 is 0 Å². The molecular weight excluding hydrogens is 215 g/mol. The van der Waals surface area contributed by atoms with Gasteiger partial charge in [0, 0.05) is 7.11 Å². The van der Waals surface area contributed by atoms with Crippen LogP contribution in [0.3, 0.4) is 0 Å². The summed E-state index contributed by atoms with van der Waals surface area (Å²) in [5.41, 5.74) is 0. The zero-order valence-electron chi connectivity index (χ0n) is 7.48. The van der Waals surface area contributed by atoms with Crippen molar-refractivity contribution in [3.63, 3.8) is 0 Å². The Labute approximate surface area is 80.4 Å². The van der Waals surface area contributed by atoms with E-state index >= 15 is 0 Å². The summed E-state index contributed by atoms with van der Waals surface area (Å²) in [4.78, 5) is 0. The van der Waals surface area contributed by atoms with Gasteiger partial charge >= 0.3 is 7.60 Å². The fraction of sp³-hybridized carbons (Fsp3) is 1.00. The zero-order valence-corrected chi connectivity index (χ0v) is 8.37. The Bertz CT molecular complexity index is 242. The molecule has 84 valence electrons. The summed E-state index contributed by atoms with van der Waals surface area (Å²) in [6, 6.07) is 0. The Morgan fingerprint density at radius 1 is 1.36 bits per heavy atom. The van der Waals surface area contributed by atoms with Crippen LogP contribution >= 0.6 is 7.60 Å². The van der Waals surface area contributed by atoms with Gasteiger partial charge in [0.15, 0.2) is 5.85 Å². The third-order valence-electron chi connectivity index (χ3n) is 2.08. The van der Waals surface area contributed by atoms with Gasteiger partial charge in [0.1, 0.15) is 18.3 Å². The van der Waals surface area contributed by atoms with Crippen molar-refractivity contribution in [1.29, 1.82) is 0 Å². The maximum absolute atomic E-state index is 11.6. The third-order valence-corrected chi connectivity index (χ3v) is 4.10. The molecule has 1 fully saturated rings. The third kappa shape index (κ3) is 1.85. The summed E-state index contributed by atoms with van der Waals surface area (Å²) >= 11 is 0. The lowest BCUT2D eigenvalue weighted by molar-refractivity contribution is -0.123. The van der Waals surface area contributed by atoms with E-state index in [0.717, 1.165) is 7.11 Å². The number of hydrogen-bond acceptors (Lipinski definition) is 7. The highest BCUT2D eigenvalue weighted by Gasteiger charge is 2.51. The molecular formula is C6H13O7P. The molecule has 0 amide bonds. The highest BCUT2D eigenvalue weighted by atomic mass is 31.2. The lowest BCUT2D eigenvalue weighted by Crippen LogP contribution is -2.51. The van der Waals surface area contributed by atoms with E-state index in [-0.39, 0.29) is 0 Å². The molecule has 1 rings (SSSR count). The Morgan fingerprint density at radius 3 is 2.36 bits per heavy atom. The molecule has 14 heavy (non-hydrogen) atoms. The highest BCUT2D eigenvalue weighted by Crippen LogP contribution is 2.56. The molecule has 8 heteroatoms. The van der Waals surface area contributed by atoms with Crippen LogP contribution in [0.15, 0.2) is 0 Å². The molecule has 0 saturated carbocycles. The van der Waals surface area contributed by atoms with Crippen LogP contribution in [0.4, 0.5) is 0 Å². The molecule has 0 aromatic carbocycles. The Hall–Kier alpha value is -0.0100. The molecule has 0 aliphatic carbocycles. The minimum absolute atomic E-state index is 0.627. The molecule has 0 aromatic rings. The van der Waals surface area contributed by atoms with Gasteiger partial charge in [-0.1, -0.05) is 0 Å². The SMILES string of the molecule is CO[P@]1(=O)O[C@H](CO)[C@@H](O)[C@H](O)[C@@H]1O. The number of aliphatic hydroxyl groups is 4. The lowest BCUT2D eigenvalue weighted by Gasteiger charge is -2.38. The van der Waals surface area contributed by atoms with Crippen molar-refractivity contribution < 1.29 is 34.0 Å². The van der Waals surface area contributed by atoms with E-state index in [9.17, 15) is 19.9 Å². The first-order valence-electron chi connectivity index (χ1n) is 3.95. The van der Waals surface area contributed by atoms with Crippen LogP contribution in [0, 0.1) is 0 Å². The van der Waals surface area contributed by atoms with Crippen LogP contribution in [0.2, 0.25) is 0 Å². The molecule has 5 atom stereocenters. The quantitative estimate of drug-likeness (QED) is 0.414. The van der Waals surface area contributed by atoms with Gasteiger partial charge in [0.05, 0.1) is 6.61 Å². The van der Waals surface area contributed by atoms with Gasteiger partial charge in [0.2, 0.25) is 0 Å². The predicted octanol–water partition coefficient (Wildman–Crippen LogP) is -1.74. The van der Waals surface area contributed by atoms with E-state index < -0.39 is 38.4 Å². The minimum Gasteiger partial charge on any atom is -0.394 e. The average molecular weight is 228 g/mol. The Morgan fingerprint density at radius 2 is 1.93 bits per heavy atom. The van der Waals surface area contributed by atoms with Crippen molar-refractivity contribution in [2.75, 3.05) is 13.7 Å². The molecule has 0 bridgehead atoms. The second-order valence-electron chi connectivity index (χ2n) is 2.94. The smallest absolute Gasteiger partial charge is 0.361 e. The molecule has 4 N–H and O–H groups in total. The van der Waals surface area contributed by atoms with Crippen molar-refractivity contribution >= 4 is 7.60 Å². The summed E-state index contributed by atoms with van der Waals surface area (Å²) in [5, 5.41) is 36.5. The van der Waals surface area contributed by atoms with E-state index in [1.165, 1.54) is 0 Å². The van der Waals surface area contributed by atoms with Crippen molar-refractivity contribution in [3.05, 3.63) is 0 Å². The van der Waals surface area contributed by atoms with Crippen molar-refractivity contribution in [2.45, 2.75) is 24.2 Å². The summed E-state index contributed by atoms with van der Waals surface area (Å²) in [5.74, 6) is -1.80.